The molecule has 0 saturated carbocycles. The smallest absolute Gasteiger partial charge is 0.305 e. The molecule has 1 atom stereocenters. The van der Waals surface area contributed by atoms with E-state index in [-0.39, 0.29) is 24.2 Å². The van der Waals surface area contributed by atoms with Crippen molar-refractivity contribution in [1.29, 1.82) is 0 Å². The number of nitrogens with zero attached hydrogens (tertiary/aromatic N) is 1. The van der Waals surface area contributed by atoms with Gasteiger partial charge >= 0.3 is 5.97 Å². The summed E-state index contributed by atoms with van der Waals surface area (Å²) in [7, 11) is 1.35. The number of carbonyl (C=O) groups is 2. The molecule has 6 nitrogen and oxygen atoms in total. The number of nitrogens with one attached hydrogen (secondary N) is 1. The minimum atomic E-state index is -0.293. The minimum Gasteiger partial charge on any atom is -0.491 e. The van der Waals surface area contributed by atoms with E-state index in [1.165, 1.54) is 11.8 Å². The molecule has 0 aliphatic carbocycles. The molecule has 0 radical (unpaired) electrons. The first-order chi connectivity index (χ1) is 17.9. The number of thiazole rings is 1. The fraction of sp³-hybridized carbons (Fsp3) is 0.300. The second-order valence-corrected chi connectivity index (χ2v) is 10.3. The highest BCUT2D eigenvalue weighted by Crippen LogP contribution is 2.31. The molecule has 0 fully saturated rings. The Hall–Kier alpha value is -3.71. The molecule has 1 aromatic heterocycles. The number of Topliss-reactive ketones (excluding diaryl/α,β-unsaturated/α-hetero) is 1. The summed E-state index contributed by atoms with van der Waals surface area (Å²) < 4.78 is 11.9. The number of fused-ring (bicyclic) bond motifs is 1. The average molecular weight is 517 g/mol. The molecule has 3 aromatic carbocycles. The number of ketones is 1. The minimum absolute atomic E-state index is 0.0218. The molecular formula is C30H32N2O4S. The number of benzene rings is 3. The molecule has 0 amide bonds. The topological polar surface area (TPSA) is 77.5 Å². The monoisotopic (exact) mass is 516 g/mol. The maximum absolute atomic E-state index is 12.4. The predicted octanol–water partition coefficient (Wildman–Crippen LogP) is 7.00. The van der Waals surface area contributed by atoms with Gasteiger partial charge in [0, 0.05) is 29.7 Å². The zero-order valence-corrected chi connectivity index (χ0v) is 22.2. The van der Waals surface area contributed by atoms with Crippen LogP contribution < -0.4 is 10.1 Å². The van der Waals surface area contributed by atoms with E-state index in [1.807, 2.05) is 66.7 Å². The van der Waals surface area contributed by atoms with Crippen LogP contribution in [-0.4, -0.2) is 36.5 Å². The SMILES string of the molecule is COC(=O)CCCC(=O)c1ccc(N[C@H](COc2ccc(-c3nc4ccccc4s3)cc2)C(C)C)cc1. The van der Waals surface area contributed by atoms with E-state index in [4.69, 9.17) is 9.72 Å². The zero-order valence-electron chi connectivity index (χ0n) is 21.4. The van der Waals surface area contributed by atoms with Crippen LogP contribution in [0.25, 0.3) is 20.8 Å². The van der Waals surface area contributed by atoms with E-state index in [1.54, 1.807) is 11.3 Å². The second-order valence-electron chi connectivity index (χ2n) is 9.25. The molecule has 37 heavy (non-hydrogen) atoms. The van der Waals surface area contributed by atoms with E-state index in [9.17, 15) is 9.59 Å². The summed E-state index contributed by atoms with van der Waals surface area (Å²) in [4.78, 5) is 28.3. The number of para-hydroxylation sites is 1. The highest BCUT2D eigenvalue weighted by molar-refractivity contribution is 7.21. The quantitative estimate of drug-likeness (QED) is 0.161. The molecule has 0 unspecified atom stereocenters. The lowest BCUT2D eigenvalue weighted by molar-refractivity contribution is -0.140. The molecule has 4 aromatic rings. The van der Waals surface area contributed by atoms with Crippen LogP contribution in [0.1, 0.15) is 43.5 Å². The van der Waals surface area contributed by atoms with Crippen LogP contribution in [0.4, 0.5) is 5.69 Å². The van der Waals surface area contributed by atoms with Crippen LogP contribution in [0.5, 0.6) is 5.75 Å². The van der Waals surface area contributed by atoms with Crippen molar-refractivity contribution in [2.45, 2.75) is 39.2 Å². The Morgan fingerprint density at radius 2 is 1.68 bits per heavy atom. The van der Waals surface area contributed by atoms with Gasteiger partial charge in [-0.15, -0.1) is 11.3 Å². The molecule has 192 valence electrons. The number of ether oxygens (including phenoxy) is 2. The number of aromatic nitrogens is 1. The van der Waals surface area contributed by atoms with E-state index in [0.717, 1.165) is 27.5 Å². The Labute approximate surface area is 221 Å². The highest BCUT2D eigenvalue weighted by atomic mass is 32.1. The van der Waals surface area contributed by atoms with Crippen LogP contribution >= 0.6 is 11.3 Å². The normalized spacial score (nSPS) is 11.9. The van der Waals surface area contributed by atoms with Gasteiger partial charge in [0.2, 0.25) is 0 Å². The van der Waals surface area contributed by atoms with Gasteiger partial charge in [-0.2, -0.15) is 0 Å². The number of hydrogen-bond acceptors (Lipinski definition) is 7. The Kier molecular flexibility index (Phi) is 8.90. The van der Waals surface area contributed by atoms with Crippen molar-refractivity contribution < 1.29 is 19.1 Å². The number of rotatable bonds is 12. The van der Waals surface area contributed by atoms with Gasteiger partial charge in [-0.05, 0) is 73.0 Å². The number of anilines is 1. The van der Waals surface area contributed by atoms with Crippen molar-refractivity contribution >= 4 is 39.0 Å². The first-order valence-corrected chi connectivity index (χ1v) is 13.3. The van der Waals surface area contributed by atoms with Crippen molar-refractivity contribution in [3.05, 3.63) is 78.4 Å². The van der Waals surface area contributed by atoms with Gasteiger partial charge in [0.15, 0.2) is 5.78 Å². The average Bonchev–Trinajstić information content (AvgIpc) is 3.35. The van der Waals surface area contributed by atoms with Crippen molar-refractivity contribution in [3.8, 4) is 16.3 Å². The number of hydrogen-bond donors (Lipinski definition) is 1. The van der Waals surface area contributed by atoms with Crippen molar-refractivity contribution in [1.82, 2.24) is 4.98 Å². The van der Waals surface area contributed by atoms with Gasteiger partial charge in [0.1, 0.15) is 17.4 Å². The third-order valence-corrected chi connectivity index (χ3v) is 7.29. The molecule has 0 bridgehead atoms. The highest BCUT2D eigenvalue weighted by Gasteiger charge is 2.15. The zero-order chi connectivity index (χ0) is 26.2. The number of carbonyl (C=O) groups excluding carboxylic acids is 2. The lowest BCUT2D eigenvalue weighted by Crippen LogP contribution is -2.32. The van der Waals surface area contributed by atoms with Crippen LogP contribution in [-0.2, 0) is 9.53 Å². The van der Waals surface area contributed by atoms with Crippen molar-refractivity contribution in [2.24, 2.45) is 5.92 Å². The van der Waals surface area contributed by atoms with E-state index >= 15 is 0 Å². The Bertz CT molecular complexity index is 1300. The second kappa shape index (κ2) is 12.5. The van der Waals surface area contributed by atoms with Crippen LogP contribution in [0.15, 0.2) is 72.8 Å². The maximum Gasteiger partial charge on any atom is 0.305 e. The van der Waals surface area contributed by atoms with Crippen LogP contribution in [0.3, 0.4) is 0 Å². The fourth-order valence-electron chi connectivity index (χ4n) is 3.88. The largest absolute Gasteiger partial charge is 0.491 e. The molecule has 0 saturated heterocycles. The summed E-state index contributed by atoms with van der Waals surface area (Å²) >= 11 is 1.69. The lowest BCUT2D eigenvalue weighted by atomic mass is 10.0. The molecule has 1 heterocycles. The molecule has 7 heteroatoms. The molecular weight excluding hydrogens is 484 g/mol. The fourth-order valence-corrected chi connectivity index (χ4v) is 4.85. The van der Waals surface area contributed by atoms with Crippen LogP contribution in [0.2, 0.25) is 0 Å². The standard InChI is InChI=1S/C30H32N2O4S/c1-20(2)26(31-23-15-11-21(12-16-23)27(33)8-6-10-29(34)35-3)19-36-24-17-13-22(14-18-24)30-32-25-7-4-5-9-28(25)37-30/h4-5,7,9,11-18,20,26,31H,6,8,10,19H2,1-3H3/t26-/m1/s1. The summed E-state index contributed by atoms with van der Waals surface area (Å²) in [5.41, 5.74) is 3.66. The summed E-state index contributed by atoms with van der Waals surface area (Å²) in [6, 6.07) is 23.8. The summed E-state index contributed by atoms with van der Waals surface area (Å²) in [5, 5.41) is 4.53. The third-order valence-electron chi connectivity index (χ3n) is 6.20. The summed E-state index contributed by atoms with van der Waals surface area (Å²) in [6.45, 7) is 4.80. The van der Waals surface area contributed by atoms with Crippen molar-refractivity contribution in [2.75, 3.05) is 19.0 Å². The summed E-state index contributed by atoms with van der Waals surface area (Å²) in [5.74, 6) is 0.874. The van der Waals surface area contributed by atoms with Gasteiger partial charge in [0.05, 0.1) is 23.4 Å². The Morgan fingerprint density at radius 3 is 2.35 bits per heavy atom. The Balaban J connectivity index is 1.31. The van der Waals surface area contributed by atoms with E-state index < -0.39 is 0 Å². The first-order valence-electron chi connectivity index (χ1n) is 12.5. The summed E-state index contributed by atoms with van der Waals surface area (Å²) in [6.07, 6.45) is 1.06. The lowest BCUT2D eigenvalue weighted by Gasteiger charge is -2.24. The van der Waals surface area contributed by atoms with E-state index in [2.05, 4.69) is 30.0 Å². The number of methoxy groups -OCH3 is 1. The molecule has 0 aliphatic heterocycles. The molecule has 4 rings (SSSR count). The van der Waals surface area contributed by atoms with Crippen LogP contribution in [0, 0.1) is 5.92 Å². The molecule has 0 spiro atoms. The van der Waals surface area contributed by atoms with Gasteiger partial charge in [-0.1, -0.05) is 26.0 Å². The van der Waals surface area contributed by atoms with Gasteiger partial charge < -0.3 is 14.8 Å². The maximum atomic E-state index is 12.4. The third kappa shape index (κ3) is 7.17. The molecule has 0 aliphatic rings. The molecule has 1 N–H and O–H groups in total. The van der Waals surface area contributed by atoms with Gasteiger partial charge in [-0.25, -0.2) is 4.98 Å². The van der Waals surface area contributed by atoms with E-state index in [0.29, 0.717) is 30.9 Å². The number of esters is 1. The van der Waals surface area contributed by atoms with Gasteiger partial charge in [-0.3, -0.25) is 9.59 Å². The predicted molar refractivity (Wildman–Crippen MR) is 149 cm³/mol. The first kappa shape index (κ1) is 26.4. The van der Waals surface area contributed by atoms with Crippen molar-refractivity contribution in [3.63, 3.8) is 0 Å². The van der Waals surface area contributed by atoms with Gasteiger partial charge in [0.25, 0.3) is 0 Å². The Morgan fingerprint density at radius 1 is 0.946 bits per heavy atom.